The van der Waals surface area contributed by atoms with Crippen molar-refractivity contribution in [3.8, 4) is 0 Å². The Bertz CT molecular complexity index is 324. The fourth-order valence-electron chi connectivity index (χ4n) is 1.26. The Labute approximate surface area is 88.4 Å². The normalized spacial score (nSPS) is 12.7. The second kappa shape index (κ2) is 5.43. The van der Waals surface area contributed by atoms with Gasteiger partial charge in [0.2, 0.25) is 0 Å². The van der Waals surface area contributed by atoms with E-state index in [2.05, 4.69) is 17.2 Å². The van der Waals surface area contributed by atoms with Gasteiger partial charge < -0.3 is 0 Å². The number of aryl methyl sites for hydroxylation is 1. The Kier molecular flexibility index (Phi) is 4.20. The highest BCUT2D eigenvalue weighted by atomic mass is 16.6. The van der Waals surface area contributed by atoms with Crippen molar-refractivity contribution in [2.45, 2.75) is 45.7 Å². The van der Waals surface area contributed by atoms with Crippen LogP contribution in [0.4, 0.5) is 0 Å². The Morgan fingerprint density at radius 1 is 1.60 bits per heavy atom. The van der Waals surface area contributed by atoms with Crippen molar-refractivity contribution < 1.29 is 4.92 Å². The second-order valence-corrected chi connectivity index (χ2v) is 3.56. The molecule has 0 bridgehead atoms. The molecule has 0 spiro atoms. The minimum absolute atomic E-state index is 0.384. The summed E-state index contributed by atoms with van der Waals surface area (Å²) < 4.78 is 1.29. The smallest absolute Gasteiger partial charge is 0.262 e. The second-order valence-electron chi connectivity index (χ2n) is 3.56. The van der Waals surface area contributed by atoms with Crippen molar-refractivity contribution in [2.24, 2.45) is 0 Å². The molecule has 15 heavy (non-hydrogen) atoms. The molecule has 0 aromatic carbocycles. The average molecular weight is 212 g/mol. The van der Waals surface area contributed by atoms with E-state index < -0.39 is 6.17 Å². The number of hydrogen-bond acceptors (Lipinski definition) is 4. The van der Waals surface area contributed by atoms with Crippen LogP contribution in [0.5, 0.6) is 0 Å². The molecule has 0 aliphatic rings. The first-order valence-electron chi connectivity index (χ1n) is 5.19. The van der Waals surface area contributed by atoms with E-state index in [1.54, 1.807) is 6.20 Å². The van der Waals surface area contributed by atoms with Gasteiger partial charge in [0.15, 0.2) is 0 Å². The molecular formula is C9H16N4O2. The van der Waals surface area contributed by atoms with Gasteiger partial charge in [0.1, 0.15) is 0 Å². The third-order valence-corrected chi connectivity index (χ3v) is 2.28. The maximum Gasteiger partial charge on any atom is 0.303 e. The highest BCUT2D eigenvalue weighted by Gasteiger charge is 2.16. The van der Waals surface area contributed by atoms with Crippen molar-refractivity contribution in [3.05, 3.63) is 22.0 Å². The Balaban J connectivity index is 2.52. The lowest BCUT2D eigenvalue weighted by Gasteiger charge is -2.00. The van der Waals surface area contributed by atoms with Crippen LogP contribution in [0.25, 0.3) is 0 Å². The third-order valence-electron chi connectivity index (χ3n) is 2.28. The highest BCUT2D eigenvalue weighted by molar-refractivity contribution is 4.92. The van der Waals surface area contributed by atoms with Gasteiger partial charge in [-0.15, -0.1) is 5.10 Å². The van der Waals surface area contributed by atoms with Gasteiger partial charge in [-0.3, -0.25) is 10.1 Å². The predicted molar refractivity (Wildman–Crippen MR) is 55.0 cm³/mol. The molecule has 0 aliphatic heterocycles. The minimum Gasteiger partial charge on any atom is -0.262 e. The molecule has 1 atom stereocenters. The number of nitrogens with zero attached hydrogens (tertiary/aromatic N) is 4. The van der Waals surface area contributed by atoms with Crippen LogP contribution in [0.2, 0.25) is 0 Å². The maximum atomic E-state index is 10.5. The average Bonchev–Trinajstić information content (AvgIpc) is 2.65. The monoisotopic (exact) mass is 212 g/mol. The summed E-state index contributed by atoms with van der Waals surface area (Å²) in [4.78, 5) is 10.1. The van der Waals surface area contributed by atoms with Crippen LogP contribution in [0.15, 0.2) is 6.20 Å². The number of unbranched alkanes of at least 4 members (excludes halogenated alkanes) is 2. The standard InChI is InChI=1S/C9H16N4O2/c1-3-4-5-6-9-7-12(11-10-9)8(2)13(14)15/h7-8H,3-6H2,1-2H3. The van der Waals surface area contributed by atoms with Crippen molar-refractivity contribution in [2.75, 3.05) is 0 Å². The summed E-state index contributed by atoms with van der Waals surface area (Å²) in [5.74, 6) is 0. The van der Waals surface area contributed by atoms with Crippen molar-refractivity contribution in [3.63, 3.8) is 0 Å². The third kappa shape index (κ3) is 3.30. The van der Waals surface area contributed by atoms with Crippen LogP contribution >= 0.6 is 0 Å². The first-order valence-corrected chi connectivity index (χ1v) is 5.19. The summed E-state index contributed by atoms with van der Waals surface area (Å²) in [5, 5.41) is 18.1. The molecule has 0 fully saturated rings. The number of nitro groups is 1. The molecule has 6 nitrogen and oxygen atoms in total. The Hall–Kier alpha value is -1.46. The molecule has 0 aliphatic carbocycles. The van der Waals surface area contributed by atoms with Crippen molar-refractivity contribution in [1.82, 2.24) is 15.0 Å². The Morgan fingerprint density at radius 2 is 2.33 bits per heavy atom. The summed E-state index contributed by atoms with van der Waals surface area (Å²) >= 11 is 0. The van der Waals surface area contributed by atoms with Crippen LogP contribution in [-0.4, -0.2) is 19.9 Å². The molecule has 1 aromatic heterocycles. The number of aromatic nitrogens is 3. The summed E-state index contributed by atoms with van der Waals surface area (Å²) in [6.07, 6.45) is 5.03. The molecule has 6 heteroatoms. The van der Waals surface area contributed by atoms with Crippen LogP contribution in [-0.2, 0) is 6.42 Å². The van der Waals surface area contributed by atoms with Gasteiger partial charge >= 0.3 is 6.17 Å². The topological polar surface area (TPSA) is 73.8 Å². The van der Waals surface area contributed by atoms with Crippen molar-refractivity contribution >= 4 is 0 Å². The van der Waals surface area contributed by atoms with E-state index in [1.165, 1.54) is 11.6 Å². The van der Waals surface area contributed by atoms with E-state index in [1.807, 2.05) is 0 Å². The summed E-state index contributed by atoms with van der Waals surface area (Å²) in [6, 6.07) is 0. The first kappa shape index (κ1) is 11.6. The lowest BCUT2D eigenvalue weighted by molar-refractivity contribution is -0.545. The van der Waals surface area contributed by atoms with Crippen LogP contribution in [0, 0.1) is 10.1 Å². The lowest BCUT2D eigenvalue weighted by atomic mass is 10.2. The summed E-state index contributed by atoms with van der Waals surface area (Å²) in [7, 11) is 0. The highest BCUT2D eigenvalue weighted by Crippen LogP contribution is 2.07. The largest absolute Gasteiger partial charge is 0.303 e. The fourth-order valence-corrected chi connectivity index (χ4v) is 1.26. The lowest BCUT2D eigenvalue weighted by Crippen LogP contribution is -2.15. The molecule has 0 saturated heterocycles. The van der Waals surface area contributed by atoms with E-state index in [0.29, 0.717) is 0 Å². The molecule has 0 amide bonds. The molecule has 1 heterocycles. The van der Waals surface area contributed by atoms with E-state index in [0.717, 1.165) is 31.4 Å². The van der Waals surface area contributed by atoms with Gasteiger partial charge in [0.05, 0.1) is 11.9 Å². The Morgan fingerprint density at radius 3 is 2.93 bits per heavy atom. The van der Waals surface area contributed by atoms with E-state index in [-0.39, 0.29) is 4.92 Å². The molecule has 84 valence electrons. The van der Waals surface area contributed by atoms with Crippen LogP contribution in [0.1, 0.15) is 45.0 Å². The molecule has 1 rings (SSSR count). The number of hydrogen-bond donors (Lipinski definition) is 0. The molecule has 0 N–H and O–H groups in total. The van der Waals surface area contributed by atoms with Gasteiger partial charge in [-0.1, -0.05) is 25.0 Å². The predicted octanol–water partition coefficient (Wildman–Crippen LogP) is 1.81. The zero-order valence-corrected chi connectivity index (χ0v) is 9.09. The van der Waals surface area contributed by atoms with Gasteiger partial charge in [0.25, 0.3) is 0 Å². The summed E-state index contributed by atoms with van der Waals surface area (Å²) in [6.45, 7) is 3.62. The zero-order valence-electron chi connectivity index (χ0n) is 9.09. The van der Waals surface area contributed by atoms with Gasteiger partial charge in [-0.25, -0.2) is 0 Å². The van der Waals surface area contributed by atoms with E-state index in [9.17, 15) is 10.1 Å². The quantitative estimate of drug-likeness (QED) is 0.409. The van der Waals surface area contributed by atoms with Crippen LogP contribution in [0.3, 0.4) is 0 Å². The molecule has 1 aromatic rings. The van der Waals surface area contributed by atoms with Crippen LogP contribution < -0.4 is 0 Å². The fraction of sp³-hybridized carbons (Fsp3) is 0.778. The minimum atomic E-state index is -0.836. The first-order chi connectivity index (χ1) is 7.15. The molecule has 0 saturated carbocycles. The van der Waals surface area contributed by atoms with E-state index >= 15 is 0 Å². The molecule has 1 unspecified atom stereocenters. The molecular weight excluding hydrogens is 196 g/mol. The molecule has 0 radical (unpaired) electrons. The zero-order chi connectivity index (χ0) is 11.3. The summed E-state index contributed by atoms with van der Waals surface area (Å²) in [5.41, 5.74) is 0.831. The van der Waals surface area contributed by atoms with Crippen molar-refractivity contribution in [1.29, 1.82) is 0 Å². The maximum absolute atomic E-state index is 10.5. The van der Waals surface area contributed by atoms with Gasteiger partial charge in [-0.2, -0.15) is 4.68 Å². The van der Waals surface area contributed by atoms with Gasteiger partial charge in [-0.05, 0) is 12.8 Å². The number of rotatable bonds is 6. The van der Waals surface area contributed by atoms with Gasteiger partial charge in [0, 0.05) is 11.8 Å². The van der Waals surface area contributed by atoms with E-state index in [4.69, 9.17) is 0 Å². The SMILES string of the molecule is CCCCCc1cn(C(C)[N+](=O)[O-])nn1.